The summed E-state index contributed by atoms with van der Waals surface area (Å²) < 4.78 is 5.79. The SMILES string of the molecule is CN(Cc1ccccc1)C(=O)[C@H](Cc1ccccc1)N(CCNCC[C@@H](C(=O)O)c1c[nH]c2ccccc12)C(=O)OC(C)(C)C. The number of benzene rings is 3. The number of hydrogen-bond donors (Lipinski definition) is 3. The minimum Gasteiger partial charge on any atom is -0.481 e. The van der Waals surface area contributed by atoms with E-state index in [1.807, 2.05) is 84.9 Å². The summed E-state index contributed by atoms with van der Waals surface area (Å²) in [6, 6.07) is 26.2. The maximum absolute atomic E-state index is 14.0. The zero-order valence-corrected chi connectivity index (χ0v) is 26.5. The van der Waals surface area contributed by atoms with Crippen molar-refractivity contribution in [2.75, 3.05) is 26.7 Å². The number of rotatable bonds is 14. The zero-order valence-electron chi connectivity index (χ0n) is 26.5. The highest BCUT2D eigenvalue weighted by Gasteiger charge is 2.34. The number of aromatic amines is 1. The van der Waals surface area contributed by atoms with Crippen LogP contribution in [-0.2, 0) is 27.3 Å². The number of nitrogens with zero attached hydrogens (tertiary/aromatic N) is 2. The van der Waals surface area contributed by atoms with Crippen molar-refractivity contribution in [2.24, 2.45) is 0 Å². The third-order valence-electron chi connectivity index (χ3n) is 7.63. The van der Waals surface area contributed by atoms with Crippen molar-refractivity contribution in [1.82, 2.24) is 20.1 Å². The molecule has 238 valence electrons. The molecule has 0 spiro atoms. The van der Waals surface area contributed by atoms with Gasteiger partial charge in [-0.1, -0.05) is 78.9 Å². The Kier molecular flexibility index (Phi) is 11.4. The Morgan fingerprint density at radius 2 is 1.51 bits per heavy atom. The number of carbonyl (C=O) groups excluding carboxylic acids is 2. The minimum atomic E-state index is -0.896. The number of nitrogens with one attached hydrogen (secondary N) is 2. The number of carbonyl (C=O) groups is 3. The van der Waals surface area contributed by atoms with Gasteiger partial charge in [0.1, 0.15) is 11.6 Å². The number of amides is 2. The van der Waals surface area contributed by atoms with Crippen molar-refractivity contribution in [3.8, 4) is 0 Å². The molecule has 0 fully saturated rings. The lowest BCUT2D eigenvalue weighted by atomic mass is 9.95. The smallest absolute Gasteiger partial charge is 0.411 e. The van der Waals surface area contributed by atoms with Gasteiger partial charge in [0, 0.05) is 50.2 Å². The number of likely N-dealkylation sites (N-methyl/N-ethyl adjacent to an activating group) is 1. The summed E-state index contributed by atoms with van der Waals surface area (Å²) in [4.78, 5) is 46.2. The molecule has 1 aromatic heterocycles. The average Bonchev–Trinajstić information content (AvgIpc) is 3.43. The number of para-hydroxylation sites is 1. The first-order valence-corrected chi connectivity index (χ1v) is 15.4. The number of ether oxygens (including phenoxy) is 1. The summed E-state index contributed by atoms with van der Waals surface area (Å²) in [5, 5.41) is 14.2. The first-order valence-electron chi connectivity index (χ1n) is 15.4. The normalized spacial score (nSPS) is 12.8. The molecule has 2 amide bonds. The second-order valence-electron chi connectivity index (χ2n) is 12.3. The fourth-order valence-electron chi connectivity index (χ4n) is 5.42. The third kappa shape index (κ3) is 9.43. The summed E-state index contributed by atoms with van der Waals surface area (Å²) in [5.41, 5.74) is 2.79. The van der Waals surface area contributed by atoms with E-state index in [-0.39, 0.29) is 12.5 Å². The van der Waals surface area contributed by atoms with Crippen LogP contribution in [0.5, 0.6) is 0 Å². The minimum absolute atomic E-state index is 0.196. The maximum atomic E-state index is 14.0. The van der Waals surface area contributed by atoms with Crippen LogP contribution in [0.1, 0.15) is 49.8 Å². The van der Waals surface area contributed by atoms with Crippen molar-refractivity contribution >= 4 is 28.9 Å². The molecular formula is C36H44N4O5. The second-order valence-corrected chi connectivity index (χ2v) is 12.3. The van der Waals surface area contributed by atoms with Crippen LogP contribution in [0.2, 0.25) is 0 Å². The molecule has 0 unspecified atom stereocenters. The van der Waals surface area contributed by atoms with Gasteiger partial charge in [0.2, 0.25) is 5.91 Å². The van der Waals surface area contributed by atoms with Gasteiger partial charge in [-0.15, -0.1) is 0 Å². The van der Waals surface area contributed by atoms with Gasteiger partial charge >= 0.3 is 12.1 Å². The summed E-state index contributed by atoms with van der Waals surface area (Å²) in [5.74, 6) is -1.79. The Hall–Kier alpha value is -4.63. The standard InChI is InChI=1S/C36H44N4O5/c1-36(2,3)45-35(44)40(22-21-37-20-19-29(34(42)43)30-24-38-31-18-12-11-17-28(30)31)32(23-26-13-7-5-8-14-26)33(41)39(4)25-27-15-9-6-10-16-27/h5-18,24,29,32,37-38H,19-23,25H2,1-4H3,(H,42,43)/t29-,32+/m1/s1. The molecule has 9 heteroatoms. The average molecular weight is 613 g/mol. The van der Waals surface area contributed by atoms with E-state index in [4.69, 9.17) is 4.74 Å². The Balaban J connectivity index is 1.50. The Labute approximate surface area is 265 Å². The number of hydrogen-bond acceptors (Lipinski definition) is 5. The van der Waals surface area contributed by atoms with Gasteiger partial charge in [0.05, 0.1) is 5.92 Å². The van der Waals surface area contributed by atoms with Crippen molar-refractivity contribution < 1.29 is 24.2 Å². The van der Waals surface area contributed by atoms with E-state index in [1.165, 1.54) is 4.90 Å². The van der Waals surface area contributed by atoms with E-state index in [1.54, 1.807) is 38.9 Å². The van der Waals surface area contributed by atoms with Crippen molar-refractivity contribution in [3.63, 3.8) is 0 Å². The predicted octanol–water partition coefficient (Wildman–Crippen LogP) is 5.82. The van der Waals surface area contributed by atoms with Crippen LogP contribution in [0.3, 0.4) is 0 Å². The summed E-state index contributed by atoms with van der Waals surface area (Å²) in [6.07, 6.45) is 1.86. The predicted molar refractivity (Wildman–Crippen MR) is 176 cm³/mol. The molecule has 0 saturated heterocycles. The number of carboxylic acids is 1. The third-order valence-corrected chi connectivity index (χ3v) is 7.63. The molecule has 0 aliphatic carbocycles. The van der Waals surface area contributed by atoms with Gasteiger partial charge in [-0.05, 0) is 56.5 Å². The number of aromatic nitrogens is 1. The Bertz CT molecular complexity index is 1550. The monoisotopic (exact) mass is 612 g/mol. The van der Waals surface area contributed by atoms with E-state index < -0.39 is 29.6 Å². The highest BCUT2D eigenvalue weighted by atomic mass is 16.6. The van der Waals surface area contributed by atoms with Crippen LogP contribution in [0, 0.1) is 0 Å². The fourth-order valence-corrected chi connectivity index (χ4v) is 5.42. The van der Waals surface area contributed by atoms with Crippen LogP contribution < -0.4 is 5.32 Å². The van der Waals surface area contributed by atoms with Crippen molar-refractivity contribution in [1.29, 1.82) is 0 Å². The van der Waals surface area contributed by atoms with E-state index in [9.17, 15) is 19.5 Å². The van der Waals surface area contributed by atoms with Gasteiger partial charge in [-0.3, -0.25) is 14.5 Å². The lowest BCUT2D eigenvalue weighted by molar-refractivity contribution is -0.139. The molecule has 9 nitrogen and oxygen atoms in total. The molecular weight excluding hydrogens is 568 g/mol. The van der Waals surface area contributed by atoms with Gasteiger partial charge in [-0.25, -0.2) is 4.79 Å². The molecule has 4 rings (SSSR count). The lowest BCUT2D eigenvalue weighted by Gasteiger charge is -2.35. The summed E-state index contributed by atoms with van der Waals surface area (Å²) in [7, 11) is 1.75. The molecule has 0 bridgehead atoms. The van der Waals surface area contributed by atoms with E-state index in [0.717, 1.165) is 27.6 Å². The van der Waals surface area contributed by atoms with Crippen molar-refractivity contribution in [3.05, 3.63) is 108 Å². The molecule has 0 aliphatic rings. The Morgan fingerprint density at radius 3 is 2.16 bits per heavy atom. The molecule has 0 saturated carbocycles. The first-order chi connectivity index (χ1) is 21.5. The van der Waals surface area contributed by atoms with Crippen LogP contribution >= 0.6 is 0 Å². The highest BCUT2D eigenvalue weighted by Crippen LogP contribution is 2.28. The number of H-pyrrole nitrogens is 1. The quantitative estimate of drug-likeness (QED) is 0.155. The molecule has 0 radical (unpaired) electrons. The number of fused-ring (bicyclic) bond motifs is 1. The fraction of sp³-hybridized carbons (Fsp3) is 0.361. The largest absolute Gasteiger partial charge is 0.481 e. The molecule has 3 aromatic carbocycles. The van der Waals surface area contributed by atoms with Gasteiger partial charge < -0.3 is 25.0 Å². The molecule has 45 heavy (non-hydrogen) atoms. The van der Waals surface area contributed by atoms with Crippen LogP contribution in [0.15, 0.2) is 91.1 Å². The lowest BCUT2D eigenvalue weighted by Crippen LogP contribution is -2.54. The van der Waals surface area contributed by atoms with Crippen LogP contribution in [0.25, 0.3) is 10.9 Å². The molecule has 0 aliphatic heterocycles. The number of aliphatic carboxylic acids is 1. The van der Waals surface area contributed by atoms with Gasteiger partial charge in [0.15, 0.2) is 0 Å². The number of carboxylic acid groups (broad SMARTS) is 1. The second kappa shape index (κ2) is 15.4. The van der Waals surface area contributed by atoms with Crippen molar-refractivity contribution in [2.45, 2.75) is 57.7 Å². The zero-order chi connectivity index (χ0) is 32.4. The molecule has 2 atom stereocenters. The maximum Gasteiger partial charge on any atom is 0.411 e. The van der Waals surface area contributed by atoms with Crippen LogP contribution in [0.4, 0.5) is 4.79 Å². The molecule has 4 aromatic rings. The van der Waals surface area contributed by atoms with Crippen LogP contribution in [-0.4, -0.2) is 76.2 Å². The summed E-state index contributed by atoms with van der Waals surface area (Å²) >= 11 is 0. The summed E-state index contributed by atoms with van der Waals surface area (Å²) in [6.45, 7) is 6.75. The Morgan fingerprint density at radius 1 is 0.889 bits per heavy atom. The van der Waals surface area contributed by atoms with Gasteiger partial charge in [0.25, 0.3) is 0 Å². The van der Waals surface area contributed by atoms with E-state index in [2.05, 4.69) is 10.3 Å². The molecule has 3 N–H and O–H groups in total. The topological polar surface area (TPSA) is 115 Å². The first kappa shape index (κ1) is 33.3. The highest BCUT2D eigenvalue weighted by molar-refractivity contribution is 5.89. The van der Waals surface area contributed by atoms with E-state index in [0.29, 0.717) is 32.5 Å². The van der Waals surface area contributed by atoms with Gasteiger partial charge in [-0.2, -0.15) is 0 Å². The van der Waals surface area contributed by atoms with E-state index >= 15 is 0 Å². The molecule has 1 heterocycles.